The molecule has 3 aromatic rings. The van der Waals surface area contributed by atoms with Crippen molar-refractivity contribution in [1.29, 1.82) is 0 Å². The molecule has 2 aromatic heterocycles. The quantitative estimate of drug-likeness (QED) is 0.762. The number of carbonyl (C=O) groups is 1. The molecule has 0 radical (unpaired) electrons. The van der Waals surface area contributed by atoms with Gasteiger partial charge in [-0.3, -0.25) is 4.79 Å². The minimum absolute atomic E-state index is 0.138. The molecule has 1 aromatic carbocycles. The third kappa shape index (κ3) is 2.82. The third-order valence-corrected chi connectivity index (χ3v) is 5.67. The smallest absolute Gasteiger partial charge is 0.272 e. The fraction of sp³-hybridized carbons (Fsp3) is 0.381. The number of amides is 1. The predicted molar refractivity (Wildman–Crippen MR) is 103 cm³/mol. The summed E-state index contributed by atoms with van der Waals surface area (Å²) in [5.41, 5.74) is 5.75. The van der Waals surface area contributed by atoms with Gasteiger partial charge in [0, 0.05) is 12.1 Å². The van der Waals surface area contributed by atoms with E-state index in [1.165, 1.54) is 0 Å². The standard InChI is InChI=1S/C21H23N5O2/c1-14-6-2-3-7-17(14)26-19-12-28-11-16(15(19)10-23-26)24-21(27)20-18-8-4-5-9-25(18)13-22-20/h2-3,6-7,10,13,16H,4-5,8-9,11-12H2,1H3,(H,24,27). The monoisotopic (exact) mass is 377 g/mol. The molecule has 1 N–H and O–H groups in total. The Morgan fingerprint density at radius 1 is 1.25 bits per heavy atom. The Morgan fingerprint density at radius 3 is 3.04 bits per heavy atom. The van der Waals surface area contributed by atoms with Crippen LogP contribution < -0.4 is 5.32 Å². The summed E-state index contributed by atoms with van der Waals surface area (Å²) >= 11 is 0. The molecule has 0 bridgehead atoms. The van der Waals surface area contributed by atoms with E-state index < -0.39 is 0 Å². The Labute approximate surface area is 163 Å². The molecule has 5 rings (SSSR count). The lowest BCUT2D eigenvalue weighted by Crippen LogP contribution is -2.35. The van der Waals surface area contributed by atoms with Crippen LogP contribution in [-0.4, -0.2) is 31.8 Å². The molecule has 144 valence electrons. The first-order valence-electron chi connectivity index (χ1n) is 9.78. The lowest BCUT2D eigenvalue weighted by molar-refractivity contribution is 0.0684. The Bertz CT molecular complexity index is 1040. The molecule has 28 heavy (non-hydrogen) atoms. The maximum Gasteiger partial charge on any atom is 0.272 e. The number of para-hydroxylation sites is 1. The number of nitrogens with one attached hydrogen (secondary N) is 1. The number of ether oxygens (including phenoxy) is 1. The van der Waals surface area contributed by atoms with Crippen LogP contribution in [0, 0.1) is 6.92 Å². The molecular weight excluding hydrogens is 354 g/mol. The molecule has 0 aliphatic carbocycles. The number of carbonyl (C=O) groups excluding carboxylic acids is 1. The van der Waals surface area contributed by atoms with Crippen LogP contribution in [0.15, 0.2) is 36.8 Å². The van der Waals surface area contributed by atoms with Crippen molar-refractivity contribution in [1.82, 2.24) is 24.6 Å². The number of hydrogen-bond donors (Lipinski definition) is 1. The van der Waals surface area contributed by atoms with Gasteiger partial charge in [0.15, 0.2) is 0 Å². The van der Waals surface area contributed by atoms with Crippen molar-refractivity contribution in [2.24, 2.45) is 0 Å². The molecule has 7 nitrogen and oxygen atoms in total. The van der Waals surface area contributed by atoms with Crippen molar-refractivity contribution in [3.63, 3.8) is 0 Å². The summed E-state index contributed by atoms with van der Waals surface area (Å²) in [5.74, 6) is -0.138. The number of nitrogens with zero attached hydrogens (tertiary/aromatic N) is 4. The van der Waals surface area contributed by atoms with Crippen LogP contribution in [0.25, 0.3) is 5.69 Å². The average Bonchev–Trinajstić information content (AvgIpc) is 3.33. The van der Waals surface area contributed by atoms with E-state index in [0.29, 0.717) is 18.9 Å². The van der Waals surface area contributed by atoms with Crippen LogP contribution in [0.4, 0.5) is 0 Å². The fourth-order valence-corrected chi connectivity index (χ4v) is 4.17. The second kappa shape index (κ2) is 6.91. The topological polar surface area (TPSA) is 74.0 Å². The highest BCUT2D eigenvalue weighted by Gasteiger charge is 2.29. The zero-order chi connectivity index (χ0) is 19.1. The van der Waals surface area contributed by atoms with Crippen LogP contribution in [0.3, 0.4) is 0 Å². The summed E-state index contributed by atoms with van der Waals surface area (Å²) < 4.78 is 9.81. The maximum absolute atomic E-state index is 12.9. The van der Waals surface area contributed by atoms with Gasteiger partial charge in [0.25, 0.3) is 5.91 Å². The first-order valence-corrected chi connectivity index (χ1v) is 9.78. The van der Waals surface area contributed by atoms with Gasteiger partial charge in [-0.15, -0.1) is 0 Å². The minimum Gasteiger partial charge on any atom is -0.373 e. The zero-order valence-electron chi connectivity index (χ0n) is 15.9. The van der Waals surface area contributed by atoms with Gasteiger partial charge in [-0.25, -0.2) is 9.67 Å². The lowest BCUT2D eigenvalue weighted by Gasteiger charge is -2.25. The molecule has 0 fully saturated rings. The third-order valence-electron chi connectivity index (χ3n) is 5.67. The minimum atomic E-state index is -0.227. The first-order chi connectivity index (χ1) is 13.7. The van der Waals surface area contributed by atoms with E-state index in [2.05, 4.69) is 33.0 Å². The van der Waals surface area contributed by atoms with Crippen LogP contribution in [0.2, 0.25) is 0 Å². The van der Waals surface area contributed by atoms with E-state index in [-0.39, 0.29) is 11.9 Å². The van der Waals surface area contributed by atoms with Crippen molar-refractivity contribution < 1.29 is 9.53 Å². The Hall–Kier alpha value is -2.93. The normalized spacial score (nSPS) is 18.4. The number of aryl methyl sites for hydroxylation is 2. The van der Waals surface area contributed by atoms with Crippen molar-refractivity contribution in [2.45, 2.75) is 45.4 Å². The molecule has 2 aliphatic rings. The Kier molecular flexibility index (Phi) is 4.24. The number of imidazole rings is 1. The van der Waals surface area contributed by atoms with E-state index in [1.54, 1.807) is 6.33 Å². The highest BCUT2D eigenvalue weighted by atomic mass is 16.5. The molecule has 1 amide bonds. The molecule has 7 heteroatoms. The van der Waals surface area contributed by atoms with Crippen LogP contribution >= 0.6 is 0 Å². The highest BCUT2D eigenvalue weighted by molar-refractivity contribution is 5.93. The molecule has 4 heterocycles. The summed E-state index contributed by atoms with van der Waals surface area (Å²) in [6, 6.07) is 7.90. The van der Waals surface area contributed by atoms with Gasteiger partial charge in [-0.05, 0) is 37.8 Å². The SMILES string of the molecule is Cc1ccccc1-n1ncc2c1COCC2NC(=O)c1ncn2c1CCCC2. The number of fused-ring (bicyclic) bond motifs is 2. The van der Waals surface area contributed by atoms with Crippen molar-refractivity contribution in [2.75, 3.05) is 6.61 Å². The zero-order valence-corrected chi connectivity index (χ0v) is 15.9. The molecule has 0 saturated heterocycles. The summed E-state index contributed by atoms with van der Waals surface area (Å²) in [5, 5.41) is 7.70. The van der Waals surface area contributed by atoms with Crippen molar-refractivity contribution >= 4 is 5.91 Å². The molecule has 0 saturated carbocycles. The molecule has 2 aliphatic heterocycles. The number of aromatic nitrogens is 4. The van der Waals surface area contributed by atoms with Gasteiger partial charge in [0.2, 0.25) is 0 Å². The highest BCUT2D eigenvalue weighted by Crippen LogP contribution is 2.28. The van der Waals surface area contributed by atoms with E-state index in [4.69, 9.17) is 4.74 Å². The number of rotatable bonds is 3. The van der Waals surface area contributed by atoms with Crippen LogP contribution in [0.1, 0.15) is 51.9 Å². The summed E-state index contributed by atoms with van der Waals surface area (Å²) in [6.45, 7) is 3.92. The summed E-state index contributed by atoms with van der Waals surface area (Å²) in [4.78, 5) is 17.3. The summed E-state index contributed by atoms with van der Waals surface area (Å²) in [7, 11) is 0. The van der Waals surface area contributed by atoms with Gasteiger partial charge in [0.05, 0.1) is 48.9 Å². The van der Waals surface area contributed by atoms with E-state index >= 15 is 0 Å². The van der Waals surface area contributed by atoms with Gasteiger partial charge in [0.1, 0.15) is 5.69 Å². The lowest BCUT2D eigenvalue weighted by atomic mass is 10.0. The number of hydrogen-bond acceptors (Lipinski definition) is 4. The molecule has 1 unspecified atom stereocenters. The van der Waals surface area contributed by atoms with Gasteiger partial charge >= 0.3 is 0 Å². The fourth-order valence-electron chi connectivity index (χ4n) is 4.17. The Morgan fingerprint density at radius 2 is 2.14 bits per heavy atom. The molecule has 0 spiro atoms. The maximum atomic E-state index is 12.9. The van der Waals surface area contributed by atoms with E-state index in [0.717, 1.165) is 54.0 Å². The molecular formula is C21H23N5O2. The predicted octanol–water partition coefficient (Wildman–Crippen LogP) is 2.71. The van der Waals surface area contributed by atoms with Gasteiger partial charge in [-0.2, -0.15) is 5.10 Å². The Balaban J connectivity index is 1.42. The second-order valence-electron chi connectivity index (χ2n) is 7.48. The first kappa shape index (κ1) is 17.2. The largest absolute Gasteiger partial charge is 0.373 e. The molecule has 1 atom stereocenters. The second-order valence-corrected chi connectivity index (χ2v) is 7.48. The van der Waals surface area contributed by atoms with Crippen molar-refractivity contribution in [3.05, 3.63) is 65.0 Å². The van der Waals surface area contributed by atoms with Gasteiger partial charge in [-0.1, -0.05) is 18.2 Å². The summed E-state index contributed by atoms with van der Waals surface area (Å²) in [6.07, 6.45) is 6.77. The van der Waals surface area contributed by atoms with Crippen molar-refractivity contribution in [3.8, 4) is 5.69 Å². The van der Waals surface area contributed by atoms with Crippen LogP contribution in [0.5, 0.6) is 0 Å². The average molecular weight is 377 g/mol. The van der Waals surface area contributed by atoms with Gasteiger partial charge < -0.3 is 14.6 Å². The number of benzene rings is 1. The van der Waals surface area contributed by atoms with Crippen LogP contribution in [-0.2, 0) is 24.3 Å². The van der Waals surface area contributed by atoms with E-state index in [9.17, 15) is 4.79 Å². The van der Waals surface area contributed by atoms with E-state index in [1.807, 2.05) is 29.1 Å².